The lowest BCUT2D eigenvalue weighted by atomic mass is 10.1. The minimum absolute atomic E-state index is 0.106. The van der Waals surface area contributed by atoms with Crippen LogP contribution in [0.15, 0.2) is 17.1 Å². The first-order valence-electron chi connectivity index (χ1n) is 8.62. The summed E-state index contributed by atoms with van der Waals surface area (Å²) in [7, 11) is 0. The van der Waals surface area contributed by atoms with E-state index in [1.165, 1.54) is 0 Å². The van der Waals surface area contributed by atoms with E-state index in [4.69, 9.17) is 5.73 Å². The summed E-state index contributed by atoms with van der Waals surface area (Å²) in [6.07, 6.45) is -21.4. The van der Waals surface area contributed by atoms with Gasteiger partial charge in [-0.2, -0.15) is 44.5 Å². The zero-order valence-corrected chi connectivity index (χ0v) is 17.1. The lowest BCUT2D eigenvalue weighted by molar-refractivity contribution is -0.222. The molecule has 20 heteroatoms. The summed E-state index contributed by atoms with van der Waals surface area (Å²) < 4.78 is 126. The SMILES string of the molecule is Nc1ccn([C@@H]2S[C@H](COC(=O)C(F)(F)F)C(OC(=O)C(F)(F)F)C2OC(=O)C(F)(F)F)c(=O)n1. The smallest absolute Gasteiger partial charge is 0.458 e. The Kier molecular flexibility index (Phi) is 7.87. The molecule has 4 atom stereocenters. The zero-order chi connectivity index (χ0) is 26.9. The first-order chi connectivity index (χ1) is 15.8. The van der Waals surface area contributed by atoms with Gasteiger partial charge in [0.2, 0.25) is 0 Å². The monoisotopic (exact) mass is 547 g/mol. The maximum absolute atomic E-state index is 12.8. The number of alkyl halides is 9. The number of ether oxygens (including phenoxy) is 3. The molecule has 0 amide bonds. The number of rotatable bonds is 5. The number of thioether (sulfide) groups is 1. The van der Waals surface area contributed by atoms with Gasteiger partial charge in [0, 0.05) is 6.20 Å². The summed E-state index contributed by atoms with van der Waals surface area (Å²) >= 11 is 0.106. The van der Waals surface area contributed by atoms with Gasteiger partial charge in [0.1, 0.15) is 17.8 Å². The minimum Gasteiger partial charge on any atom is -0.458 e. The van der Waals surface area contributed by atoms with Crippen molar-refractivity contribution in [1.82, 2.24) is 9.55 Å². The fraction of sp³-hybridized carbons (Fsp3) is 0.533. The first kappa shape index (κ1) is 28.1. The van der Waals surface area contributed by atoms with Gasteiger partial charge in [-0.05, 0) is 6.07 Å². The van der Waals surface area contributed by atoms with Gasteiger partial charge in [0.15, 0.2) is 12.2 Å². The van der Waals surface area contributed by atoms with Crippen molar-refractivity contribution in [2.45, 2.75) is 41.4 Å². The second kappa shape index (κ2) is 9.82. The Morgan fingerprint density at radius 1 is 0.914 bits per heavy atom. The van der Waals surface area contributed by atoms with E-state index >= 15 is 0 Å². The highest BCUT2D eigenvalue weighted by Crippen LogP contribution is 2.46. The number of hydrogen-bond donors (Lipinski definition) is 1. The number of hydrogen-bond acceptors (Lipinski definition) is 10. The van der Waals surface area contributed by atoms with Gasteiger partial charge < -0.3 is 19.9 Å². The lowest BCUT2D eigenvalue weighted by Crippen LogP contribution is -2.46. The zero-order valence-electron chi connectivity index (χ0n) is 16.3. The van der Waals surface area contributed by atoms with E-state index in [1.54, 1.807) is 0 Å². The molecule has 1 aliphatic rings. The van der Waals surface area contributed by atoms with Crippen LogP contribution in [-0.4, -0.2) is 70.1 Å². The summed E-state index contributed by atoms with van der Waals surface area (Å²) in [6, 6.07) is 0.901. The highest BCUT2D eigenvalue weighted by Gasteiger charge is 2.56. The van der Waals surface area contributed by atoms with Crippen molar-refractivity contribution in [1.29, 1.82) is 0 Å². The average Bonchev–Trinajstić information content (AvgIpc) is 3.00. The van der Waals surface area contributed by atoms with Crippen LogP contribution in [0.4, 0.5) is 45.3 Å². The number of aromatic nitrogens is 2. The summed E-state index contributed by atoms with van der Waals surface area (Å²) in [4.78, 5) is 49.1. The molecule has 2 rings (SSSR count). The molecule has 196 valence electrons. The summed E-state index contributed by atoms with van der Waals surface area (Å²) in [5.41, 5.74) is 3.94. The second-order valence-corrected chi connectivity index (χ2v) is 7.80. The Labute approximate surface area is 190 Å². The van der Waals surface area contributed by atoms with E-state index in [1.807, 2.05) is 0 Å². The van der Waals surface area contributed by atoms with Gasteiger partial charge in [-0.25, -0.2) is 19.2 Å². The number of nitrogens with zero attached hydrogens (tertiary/aromatic N) is 2. The van der Waals surface area contributed by atoms with Crippen molar-refractivity contribution in [2.75, 3.05) is 12.3 Å². The molecule has 2 unspecified atom stereocenters. The quantitative estimate of drug-likeness (QED) is 0.328. The van der Waals surface area contributed by atoms with Crippen molar-refractivity contribution in [3.05, 3.63) is 22.7 Å². The molecule has 10 nitrogen and oxygen atoms in total. The van der Waals surface area contributed by atoms with E-state index in [0.717, 1.165) is 12.3 Å². The van der Waals surface area contributed by atoms with E-state index in [0.29, 0.717) is 4.57 Å². The third kappa shape index (κ3) is 6.92. The summed E-state index contributed by atoms with van der Waals surface area (Å²) in [5.74, 6) is -9.26. The first-order valence-corrected chi connectivity index (χ1v) is 9.56. The number of nitrogens with two attached hydrogens (primary N) is 1. The highest BCUT2D eigenvalue weighted by atomic mass is 32.2. The van der Waals surface area contributed by atoms with Gasteiger partial charge in [0.25, 0.3) is 0 Å². The van der Waals surface area contributed by atoms with Crippen molar-refractivity contribution in [3.8, 4) is 0 Å². The number of halogens is 9. The van der Waals surface area contributed by atoms with Crippen LogP contribution in [0, 0.1) is 0 Å². The minimum atomic E-state index is -5.74. The van der Waals surface area contributed by atoms with Crippen molar-refractivity contribution < 1.29 is 68.1 Å². The number of anilines is 1. The van der Waals surface area contributed by atoms with Crippen LogP contribution in [0.25, 0.3) is 0 Å². The molecular formula is C15H10F9N3O7S. The molecule has 0 saturated carbocycles. The van der Waals surface area contributed by atoms with Crippen molar-refractivity contribution in [3.63, 3.8) is 0 Å². The lowest BCUT2D eigenvalue weighted by Gasteiger charge is -2.26. The maximum Gasteiger partial charge on any atom is 0.490 e. The molecule has 2 N–H and O–H groups in total. The van der Waals surface area contributed by atoms with E-state index in [-0.39, 0.29) is 11.8 Å². The molecule has 0 radical (unpaired) electrons. The molecule has 1 fully saturated rings. The molecule has 0 spiro atoms. The van der Waals surface area contributed by atoms with E-state index in [2.05, 4.69) is 19.2 Å². The fourth-order valence-corrected chi connectivity index (χ4v) is 4.10. The Morgan fingerprint density at radius 3 is 1.86 bits per heavy atom. The van der Waals surface area contributed by atoms with Gasteiger partial charge in [-0.15, -0.1) is 11.8 Å². The van der Waals surface area contributed by atoms with Gasteiger partial charge >= 0.3 is 42.1 Å². The molecule has 1 aromatic heterocycles. The predicted octanol–water partition coefficient (Wildman–Crippen LogP) is 1.49. The average molecular weight is 547 g/mol. The molecule has 0 aromatic carbocycles. The number of esters is 3. The third-order valence-corrected chi connectivity index (χ3v) is 5.50. The van der Waals surface area contributed by atoms with Crippen LogP contribution in [0.1, 0.15) is 5.37 Å². The molecule has 0 bridgehead atoms. The Bertz CT molecular complexity index is 1040. The van der Waals surface area contributed by atoms with Gasteiger partial charge in [-0.3, -0.25) is 4.57 Å². The number of nitrogen functional groups attached to an aromatic ring is 1. The molecule has 1 aliphatic heterocycles. The van der Waals surface area contributed by atoms with Crippen molar-refractivity contribution >= 4 is 35.5 Å². The van der Waals surface area contributed by atoms with Crippen LogP contribution in [-0.2, 0) is 28.6 Å². The topological polar surface area (TPSA) is 140 Å². The van der Waals surface area contributed by atoms with E-state index < -0.39 is 77.4 Å². The molecular weight excluding hydrogens is 537 g/mol. The Morgan fingerprint density at radius 2 is 1.40 bits per heavy atom. The fourth-order valence-electron chi connectivity index (χ4n) is 2.57. The van der Waals surface area contributed by atoms with Gasteiger partial charge in [0.05, 0.1) is 5.25 Å². The standard InChI is InChI=1S/C15H10F9N3O7S/c16-13(17,18)9(28)32-3-4-6(33-10(29)14(19,20)21)7(34-11(30)15(22,23)24)8(35-4)27-2-1-5(25)26-12(27)31/h1-2,4,6-8H,3H2,(H2,25,26,31)/t4-,6?,7?,8-/m1/s1. The third-order valence-electron chi connectivity index (χ3n) is 3.97. The molecule has 1 aromatic rings. The highest BCUT2D eigenvalue weighted by molar-refractivity contribution is 8.00. The maximum atomic E-state index is 12.8. The molecule has 0 aliphatic carbocycles. The van der Waals surface area contributed by atoms with E-state index in [9.17, 15) is 58.7 Å². The van der Waals surface area contributed by atoms with Crippen LogP contribution in [0.3, 0.4) is 0 Å². The second-order valence-electron chi connectivity index (χ2n) is 6.44. The van der Waals surface area contributed by atoms with Crippen LogP contribution < -0.4 is 11.4 Å². The molecule has 1 saturated heterocycles. The van der Waals surface area contributed by atoms with Gasteiger partial charge in [-0.1, -0.05) is 0 Å². The largest absolute Gasteiger partial charge is 0.490 e. The normalized spacial score (nSPS) is 23.0. The molecule has 35 heavy (non-hydrogen) atoms. The molecule has 2 heterocycles. The van der Waals surface area contributed by atoms with Crippen LogP contribution in [0.2, 0.25) is 0 Å². The number of carbonyl (C=O) groups excluding carboxylic acids is 3. The van der Waals surface area contributed by atoms with Crippen LogP contribution >= 0.6 is 11.8 Å². The summed E-state index contributed by atoms with van der Waals surface area (Å²) in [6.45, 7) is -1.48. The predicted molar refractivity (Wildman–Crippen MR) is 92.2 cm³/mol. The Hall–Kier alpha value is -3.19. The number of carbonyl (C=O) groups is 3. The Balaban J connectivity index is 2.52. The summed E-state index contributed by atoms with van der Waals surface area (Å²) in [5, 5.41) is -3.92. The van der Waals surface area contributed by atoms with Crippen molar-refractivity contribution in [2.24, 2.45) is 0 Å². The van der Waals surface area contributed by atoms with Crippen LogP contribution in [0.5, 0.6) is 0 Å².